The monoisotopic (exact) mass is 210 g/mol. The SMILES string of the molecule is CCC(C)C(CC1CCC1)C(=O)C(C)=O. The Bertz CT molecular complexity index is 241. The summed E-state index contributed by atoms with van der Waals surface area (Å²) in [5.41, 5.74) is 0. The van der Waals surface area contributed by atoms with Gasteiger partial charge >= 0.3 is 0 Å². The minimum atomic E-state index is -0.264. The summed E-state index contributed by atoms with van der Waals surface area (Å²) in [6, 6.07) is 0. The highest BCUT2D eigenvalue weighted by Crippen LogP contribution is 2.35. The Morgan fingerprint density at radius 1 is 1.33 bits per heavy atom. The van der Waals surface area contributed by atoms with Crippen molar-refractivity contribution < 1.29 is 9.59 Å². The summed E-state index contributed by atoms with van der Waals surface area (Å²) in [4.78, 5) is 22.9. The molecule has 0 aromatic carbocycles. The number of Topliss-reactive ketones (excluding diaryl/α,β-unsaturated/α-hetero) is 2. The lowest BCUT2D eigenvalue weighted by Gasteiger charge is -2.31. The van der Waals surface area contributed by atoms with Gasteiger partial charge in [0.1, 0.15) is 0 Å². The lowest BCUT2D eigenvalue weighted by atomic mass is 9.73. The smallest absolute Gasteiger partial charge is 0.201 e. The first-order valence-electron chi connectivity index (χ1n) is 6.11. The van der Waals surface area contributed by atoms with E-state index in [4.69, 9.17) is 0 Å². The Kier molecular flexibility index (Phi) is 4.49. The van der Waals surface area contributed by atoms with Crippen molar-refractivity contribution in [2.24, 2.45) is 17.8 Å². The molecule has 86 valence electrons. The predicted octanol–water partition coefficient (Wildman–Crippen LogP) is 3.00. The average molecular weight is 210 g/mol. The van der Waals surface area contributed by atoms with Gasteiger partial charge in [0.05, 0.1) is 0 Å². The molecule has 0 aromatic heterocycles. The van der Waals surface area contributed by atoms with Crippen molar-refractivity contribution in [3.8, 4) is 0 Å². The standard InChI is InChI=1S/C13H22O2/c1-4-9(2)12(13(15)10(3)14)8-11-6-5-7-11/h9,11-12H,4-8H2,1-3H3. The van der Waals surface area contributed by atoms with E-state index in [1.165, 1.54) is 26.2 Å². The van der Waals surface area contributed by atoms with E-state index < -0.39 is 0 Å². The van der Waals surface area contributed by atoms with Crippen LogP contribution in [0, 0.1) is 17.8 Å². The van der Waals surface area contributed by atoms with Crippen LogP contribution in [-0.4, -0.2) is 11.6 Å². The molecule has 0 heterocycles. The van der Waals surface area contributed by atoms with Gasteiger partial charge in [0, 0.05) is 12.8 Å². The molecular weight excluding hydrogens is 188 g/mol. The zero-order valence-electron chi connectivity index (χ0n) is 10.1. The largest absolute Gasteiger partial charge is 0.291 e. The minimum absolute atomic E-state index is 0.0159. The highest BCUT2D eigenvalue weighted by molar-refractivity contribution is 6.37. The molecule has 1 rings (SSSR count). The number of hydrogen-bond acceptors (Lipinski definition) is 2. The lowest BCUT2D eigenvalue weighted by Crippen LogP contribution is -2.30. The van der Waals surface area contributed by atoms with Crippen LogP contribution in [0.15, 0.2) is 0 Å². The van der Waals surface area contributed by atoms with Gasteiger partial charge < -0.3 is 0 Å². The molecule has 0 radical (unpaired) electrons. The summed E-state index contributed by atoms with van der Waals surface area (Å²) in [5, 5.41) is 0. The van der Waals surface area contributed by atoms with E-state index in [1.807, 2.05) is 0 Å². The number of ketones is 2. The Hall–Kier alpha value is -0.660. The van der Waals surface area contributed by atoms with Crippen LogP contribution in [0.2, 0.25) is 0 Å². The molecule has 0 aromatic rings. The molecular formula is C13H22O2. The highest BCUT2D eigenvalue weighted by Gasteiger charge is 2.31. The van der Waals surface area contributed by atoms with Crippen molar-refractivity contribution in [3.05, 3.63) is 0 Å². The fraction of sp³-hybridized carbons (Fsp3) is 0.846. The second-order valence-corrected chi connectivity index (χ2v) is 4.95. The van der Waals surface area contributed by atoms with Gasteiger partial charge in [0.25, 0.3) is 0 Å². The molecule has 0 amide bonds. The summed E-state index contributed by atoms with van der Waals surface area (Å²) in [7, 11) is 0. The molecule has 15 heavy (non-hydrogen) atoms. The zero-order valence-corrected chi connectivity index (χ0v) is 10.1. The van der Waals surface area contributed by atoms with Crippen LogP contribution in [0.1, 0.15) is 52.9 Å². The van der Waals surface area contributed by atoms with Gasteiger partial charge in [-0.05, 0) is 18.3 Å². The van der Waals surface area contributed by atoms with E-state index in [1.54, 1.807) is 0 Å². The van der Waals surface area contributed by atoms with Gasteiger partial charge in [-0.1, -0.05) is 39.5 Å². The molecule has 2 unspecified atom stereocenters. The van der Waals surface area contributed by atoms with Crippen LogP contribution >= 0.6 is 0 Å². The summed E-state index contributed by atoms with van der Waals surface area (Å²) < 4.78 is 0. The Labute approximate surface area is 92.4 Å². The molecule has 1 aliphatic carbocycles. The maximum atomic E-state index is 11.8. The second kappa shape index (κ2) is 5.43. The topological polar surface area (TPSA) is 34.1 Å². The van der Waals surface area contributed by atoms with Crippen molar-refractivity contribution in [2.75, 3.05) is 0 Å². The molecule has 2 atom stereocenters. The molecule has 1 fully saturated rings. The van der Waals surface area contributed by atoms with Crippen molar-refractivity contribution >= 4 is 11.6 Å². The maximum Gasteiger partial charge on any atom is 0.201 e. The molecule has 2 nitrogen and oxygen atoms in total. The van der Waals surface area contributed by atoms with Crippen LogP contribution in [0.5, 0.6) is 0 Å². The second-order valence-electron chi connectivity index (χ2n) is 4.95. The maximum absolute atomic E-state index is 11.8. The normalized spacial score (nSPS) is 20.5. The summed E-state index contributed by atoms with van der Waals surface area (Å²) >= 11 is 0. The van der Waals surface area contributed by atoms with Crippen molar-refractivity contribution in [2.45, 2.75) is 52.9 Å². The number of carbonyl (C=O) groups is 2. The molecule has 0 bridgehead atoms. The van der Waals surface area contributed by atoms with Gasteiger partial charge in [-0.25, -0.2) is 0 Å². The number of hydrogen-bond donors (Lipinski definition) is 0. The van der Waals surface area contributed by atoms with Crippen LogP contribution in [0.4, 0.5) is 0 Å². The van der Waals surface area contributed by atoms with Crippen molar-refractivity contribution in [1.29, 1.82) is 0 Å². The number of rotatable bonds is 6. The van der Waals surface area contributed by atoms with Crippen molar-refractivity contribution in [1.82, 2.24) is 0 Å². The molecule has 2 heteroatoms. The van der Waals surface area contributed by atoms with Gasteiger partial charge in [-0.15, -0.1) is 0 Å². The fourth-order valence-corrected chi connectivity index (χ4v) is 2.23. The lowest BCUT2D eigenvalue weighted by molar-refractivity contribution is -0.139. The number of carbonyl (C=O) groups excluding carboxylic acids is 2. The van der Waals surface area contributed by atoms with Crippen molar-refractivity contribution in [3.63, 3.8) is 0 Å². The first-order chi connectivity index (χ1) is 7.06. The summed E-state index contributed by atoms with van der Waals surface area (Å²) in [5.74, 6) is 0.628. The van der Waals surface area contributed by atoms with E-state index in [-0.39, 0.29) is 17.5 Å². The van der Waals surface area contributed by atoms with E-state index in [9.17, 15) is 9.59 Å². The molecule has 1 saturated carbocycles. The highest BCUT2D eigenvalue weighted by atomic mass is 16.2. The third-order valence-corrected chi connectivity index (χ3v) is 3.83. The molecule has 0 N–H and O–H groups in total. The quantitative estimate of drug-likeness (QED) is 0.631. The minimum Gasteiger partial charge on any atom is -0.291 e. The molecule has 0 aliphatic heterocycles. The predicted molar refractivity (Wildman–Crippen MR) is 60.6 cm³/mol. The summed E-state index contributed by atoms with van der Waals surface area (Å²) in [6.45, 7) is 5.58. The Morgan fingerprint density at radius 2 is 1.93 bits per heavy atom. The van der Waals surface area contributed by atoms with Gasteiger partial charge in [0.2, 0.25) is 5.78 Å². The van der Waals surface area contributed by atoms with Gasteiger partial charge in [-0.2, -0.15) is 0 Å². The molecule has 0 saturated heterocycles. The first-order valence-corrected chi connectivity index (χ1v) is 6.11. The third kappa shape index (κ3) is 3.15. The van der Waals surface area contributed by atoms with E-state index in [0.717, 1.165) is 12.8 Å². The summed E-state index contributed by atoms with van der Waals surface area (Å²) in [6.07, 6.45) is 5.71. The third-order valence-electron chi connectivity index (χ3n) is 3.83. The van der Waals surface area contributed by atoms with Crippen LogP contribution in [0.25, 0.3) is 0 Å². The van der Waals surface area contributed by atoms with Gasteiger partial charge in [0.15, 0.2) is 5.78 Å². The zero-order chi connectivity index (χ0) is 11.4. The van der Waals surface area contributed by atoms with Crippen LogP contribution in [-0.2, 0) is 9.59 Å². The van der Waals surface area contributed by atoms with E-state index in [0.29, 0.717) is 11.8 Å². The van der Waals surface area contributed by atoms with Gasteiger partial charge in [-0.3, -0.25) is 9.59 Å². The first kappa shape index (κ1) is 12.4. The van der Waals surface area contributed by atoms with Crippen LogP contribution in [0.3, 0.4) is 0 Å². The van der Waals surface area contributed by atoms with Crippen LogP contribution < -0.4 is 0 Å². The fourth-order valence-electron chi connectivity index (χ4n) is 2.23. The Balaban J connectivity index is 2.58. The molecule has 1 aliphatic rings. The van der Waals surface area contributed by atoms with E-state index >= 15 is 0 Å². The van der Waals surface area contributed by atoms with E-state index in [2.05, 4.69) is 13.8 Å². The average Bonchev–Trinajstić information content (AvgIpc) is 2.14. The Morgan fingerprint density at radius 3 is 2.27 bits per heavy atom. The molecule has 0 spiro atoms.